The molecule has 3 heterocycles. The number of nitrogens with one attached hydrogen (secondary N) is 2. The summed E-state index contributed by atoms with van der Waals surface area (Å²) in [5.74, 6) is -3.59. The van der Waals surface area contributed by atoms with Crippen LogP contribution in [0.1, 0.15) is 51.0 Å². The number of nitrogens with zero attached hydrogens (tertiary/aromatic N) is 1. The Morgan fingerprint density at radius 2 is 1.83 bits per heavy atom. The third-order valence-electron chi connectivity index (χ3n) is 7.36. The van der Waals surface area contributed by atoms with Gasteiger partial charge in [-0.15, -0.1) is 0 Å². The number of likely N-dealkylation sites (tertiary alicyclic amines) is 1. The van der Waals surface area contributed by atoms with Crippen LogP contribution in [0.4, 0.5) is 10.1 Å². The van der Waals surface area contributed by atoms with Crippen LogP contribution in [0.25, 0.3) is 0 Å². The molecular formula is C22H26FN3O4. The molecule has 2 saturated heterocycles. The molecule has 3 aliphatic heterocycles. The first-order valence-electron chi connectivity index (χ1n) is 10.8. The highest BCUT2D eigenvalue weighted by atomic mass is 19.1. The molecule has 1 aromatic rings. The van der Waals surface area contributed by atoms with E-state index in [0.29, 0.717) is 11.3 Å². The highest BCUT2D eigenvalue weighted by Crippen LogP contribution is 2.54. The number of fused-ring (bicyclic) bond motifs is 4. The Labute approximate surface area is 174 Å². The molecule has 3 N–H and O–H groups in total. The molecule has 5 atom stereocenters. The van der Waals surface area contributed by atoms with Gasteiger partial charge < -0.3 is 10.4 Å². The van der Waals surface area contributed by atoms with E-state index in [1.54, 1.807) is 6.92 Å². The van der Waals surface area contributed by atoms with Gasteiger partial charge in [-0.1, -0.05) is 25.7 Å². The van der Waals surface area contributed by atoms with Crippen LogP contribution in [0.15, 0.2) is 18.2 Å². The number of aliphatic hydroxyl groups excluding tert-OH is 1. The van der Waals surface area contributed by atoms with Crippen molar-refractivity contribution in [1.29, 1.82) is 0 Å². The van der Waals surface area contributed by atoms with Gasteiger partial charge in [-0.3, -0.25) is 24.6 Å². The van der Waals surface area contributed by atoms with Crippen molar-refractivity contribution in [2.24, 2.45) is 11.8 Å². The lowest BCUT2D eigenvalue weighted by molar-refractivity contribution is -0.146. The second-order valence-corrected chi connectivity index (χ2v) is 9.06. The zero-order valence-corrected chi connectivity index (χ0v) is 16.9. The van der Waals surface area contributed by atoms with Gasteiger partial charge in [0.05, 0.1) is 17.9 Å². The fourth-order valence-corrected chi connectivity index (χ4v) is 6.02. The van der Waals surface area contributed by atoms with Crippen LogP contribution in [0.2, 0.25) is 0 Å². The summed E-state index contributed by atoms with van der Waals surface area (Å²) >= 11 is 0. The van der Waals surface area contributed by atoms with Gasteiger partial charge >= 0.3 is 0 Å². The average Bonchev–Trinajstić information content (AvgIpc) is 3.18. The Balaban J connectivity index is 1.63. The number of hydrogen-bond acceptors (Lipinski definition) is 5. The molecule has 1 aromatic carbocycles. The summed E-state index contributed by atoms with van der Waals surface area (Å²) in [6, 6.07) is 3.00. The maximum absolute atomic E-state index is 14.1. The molecule has 0 unspecified atom stereocenters. The molecule has 7 nitrogen and oxygen atoms in total. The van der Waals surface area contributed by atoms with Crippen LogP contribution in [-0.2, 0) is 19.9 Å². The van der Waals surface area contributed by atoms with Crippen LogP contribution in [0, 0.1) is 17.7 Å². The summed E-state index contributed by atoms with van der Waals surface area (Å²) in [5.41, 5.74) is -0.808. The van der Waals surface area contributed by atoms with Gasteiger partial charge in [0, 0.05) is 23.3 Å². The van der Waals surface area contributed by atoms with E-state index in [4.69, 9.17) is 0 Å². The second kappa shape index (κ2) is 6.85. The Kier molecular flexibility index (Phi) is 4.48. The SMILES string of the molecule is C[C@@H](O)[C@@H]1N[C@]2(C(=O)Nc3ccc(F)cc32)[C@@H]2C(=O)N(C3CCCCCC3)C(=O)[C@H]12. The molecule has 0 aromatic heterocycles. The van der Waals surface area contributed by atoms with Gasteiger partial charge in [-0.2, -0.15) is 0 Å². The van der Waals surface area contributed by atoms with Crippen LogP contribution < -0.4 is 10.6 Å². The van der Waals surface area contributed by atoms with E-state index in [2.05, 4.69) is 10.6 Å². The fraction of sp³-hybridized carbons (Fsp3) is 0.591. The van der Waals surface area contributed by atoms with Gasteiger partial charge in [0.1, 0.15) is 11.4 Å². The van der Waals surface area contributed by atoms with E-state index < -0.39 is 41.2 Å². The highest BCUT2D eigenvalue weighted by Gasteiger charge is 2.71. The van der Waals surface area contributed by atoms with E-state index in [1.807, 2.05) is 0 Å². The summed E-state index contributed by atoms with van der Waals surface area (Å²) in [7, 11) is 0. The average molecular weight is 415 g/mol. The van der Waals surface area contributed by atoms with E-state index in [0.717, 1.165) is 38.5 Å². The topological polar surface area (TPSA) is 98.7 Å². The number of hydrogen-bond donors (Lipinski definition) is 3. The van der Waals surface area contributed by atoms with Crippen molar-refractivity contribution in [3.05, 3.63) is 29.6 Å². The number of carbonyl (C=O) groups excluding carboxylic acids is 3. The molecule has 5 rings (SSSR count). The van der Waals surface area contributed by atoms with E-state index >= 15 is 0 Å². The Bertz CT molecular complexity index is 927. The largest absolute Gasteiger partial charge is 0.392 e. The van der Waals surface area contributed by atoms with E-state index in [9.17, 15) is 23.9 Å². The number of carbonyl (C=O) groups is 3. The predicted molar refractivity (Wildman–Crippen MR) is 106 cm³/mol. The van der Waals surface area contributed by atoms with Crippen molar-refractivity contribution in [2.45, 2.75) is 69.2 Å². The molecule has 160 valence electrons. The lowest BCUT2D eigenvalue weighted by Gasteiger charge is -2.32. The third-order valence-corrected chi connectivity index (χ3v) is 7.36. The molecule has 3 amide bonds. The molecule has 0 bridgehead atoms. The minimum Gasteiger partial charge on any atom is -0.392 e. The van der Waals surface area contributed by atoms with Crippen molar-refractivity contribution in [3.63, 3.8) is 0 Å². The van der Waals surface area contributed by atoms with Gasteiger partial charge in [-0.25, -0.2) is 4.39 Å². The van der Waals surface area contributed by atoms with Gasteiger partial charge in [0.2, 0.25) is 17.7 Å². The number of imide groups is 1. The standard InChI is InChI=1S/C22H26FN3O4/c1-11(27)18-16-17(20(29)26(19(16)28)13-6-4-2-3-5-7-13)22(25-18)14-10-12(23)8-9-15(14)24-21(22)30/h8-11,13,16-18,25,27H,2-7H2,1H3,(H,24,30)/t11-,16+,17+,18+,22+/m1/s1. The van der Waals surface area contributed by atoms with E-state index in [-0.39, 0.29) is 17.9 Å². The van der Waals surface area contributed by atoms with Crippen LogP contribution in [0.5, 0.6) is 0 Å². The number of anilines is 1. The molecule has 4 aliphatic rings. The molecule has 1 saturated carbocycles. The maximum atomic E-state index is 14.1. The predicted octanol–water partition coefficient (Wildman–Crippen LogP) is 1.65. The third kappa shape index (κ3) is 2.53. The summed E-state index contributed by atoms with van der Waals surface area (Å²) in [6.45, 7) is 1.54. The zero-order chi connectivity index (χ0) is 21.2. The lowest BCUT2D eigenvalue weighted by atomic mass is 9.76. The fourth-order valence-electron chi connectivity index (χ4n) is 6.02. The second-order valence-electron chi connectivity index (χ2n) is 9.06. The van der Waals surface area contributed by atoms with Gasteiger partial charge in [0.15, 0.2) is 0 Å². The van der Waals surface area contributed by atoms with E-state index in [1.165, 1.54) is 23.1 Å². The van der Waals surface area contributed by atoms with Crippen LogP contribution in [-0.4, -0.2) is 45.9 Å². The molecule has 30 heavy (non-hydrogen) atoms. The monoisotopic (exact) mass is 415 g/mol. The Hall–Kier alpha value is -2.32. The first-order valence-corrected chi connectivity index (χ1v) is 10.8. The number of amides is 3. The van der Waals surface area contributed by atoms with Crippen molar-refractivity contribution < 1.29 is 23.9 Å². The normalized spacial score (nSPS) is 34.8. The first kappa shape index (κ1) is 19.6. The smallest absolute Gasteiger partial charge is 0.250 e. The van der Waals surface area contributed by atoms with Gasteiger partial charge in [-0.05, 0) is 38.0 Å². The molecule has 8 heteroatoms. The lowest BCUT2D eigenvalue weighted by Crippen LogP contribution is -2.55. The van der Waals surface area contributed by atoms with Crippen molar-refractivity contribution in [1.82, 2.24) is 10.2 Å². The summed E-state index contributed by atoms with van der Waals surface area (Å²) in [6.07, 6.45) is 4.62. The highest BCUT2D eigenvalue weighted by molar-refractivity contribution is 6.15. The number of aliphatic hydroxyl groups is 1. The minimum absolute atomic E-state index is 0.179. The van der Waals surface area contributed by atoms with Crippen molar-refractivity contribution >= 4 is 23.4 Å². The van der Waals surface area contributed by atoms with Crippen LogP contribution in [0.3, 0.4) is 0 Å². The number of rotatable bonds is 2. The molecule has 1 aliphatic carbocycles. The Morgan fingerprint density at radius 1 is 1.13 bits per heavy atom. The molecular weight excluding hydrogens is 389 g/mol. The first-order chi connectivity index (χ1) is 14.4. The zero-order valence-electron chi connectivity index (χ0n) is 16.9. The quantitative estimate of drug-likeness (QED) is 0.504. The summed E-state index contributed by atoms with van der Waals surface area (Å²) in [4.78, 5) is 41.8. The summed E-state index contributed by atoms with van der Waals surface area (Å²) in [5, 5.41) is 16.3. The summed E-state index contributed by atoms with van der Waals surface area (Å²) < 4.78 is 14.1. The number of benzene rings is 1. The number of halogens is 1. The Morgan fingerprint density at radius 3 is 2.50 bits per heavy atom. The maximum Gasteiger partial charge on any atom is 0.250 e. The van der Waals surface area contributed by atoms with Crippen molar-refractivity contribution in [2.75, 3.05) is 5.32 Å². The molecule has 3 fully saturated rings. The molecule has 1 spiro atoms. The van der Waals surface area contributed by atoms with Crippen molar-refractivity contribution in [3.8, 4) is 0 Å². The van der Waals surface area contributed by atoms with Gasteiger partial charge in [0.25, 0.3) is 0 Å². The van der Waals surface area contributed by atoms with Crippen LogP contribution >= 0.6 is 0 Å². The molecule has 0 radical (unpaired) electrons. The minimum atomic E-state index is -1.56.